The van der Waals surface area contributed by atoms with Crippen LogP contribution in [0.2, 0.25) is 0 Å². The second-order valence-corrected chi connectivity index (χ2v) is 3.19. The van der Waals surface area contributed by atoms with Crippen LogP contribution in [0.1, 0.15) is 17.3 Å². The fraction of sp³-hybridized carbons (Fsp3) is 0.182. The average molecular weight is 234 g/mol. The first kappa shape index (κ1) is 11.1. The number of ether oxygens (including phenoxy) is 1. The Morgan fingerprint density at radius 3 is 3.06 bits per heavy atom. The highest BCUT2D eigenvalue weighted by Gasteiger charge is 2.14. The molecule has 88 valence electrons. The van der Waals surface area contributed by atoms with Gasteiger partial charge in [0.25, 0.3) is 5.56 Å². The van der Waals surface area contributed by atoms with Crippen molar-refractivity contribution in [2.75, 3.05) is 6.61 Å². The Balaban J connectivity index is 2.43. The van der Waals surface area contributed by atoms with Crippen molar-refractivity contribution in [2.45, 2.75) is 6.92 Å². The third-order valence-corrected chi connectivity index (χ3v) is 2.07. The van der Waals surface area contributed by atoms with E-state index >= 15 is 0 Å². The van der Waals surface area contributed by atoms with Crippen molar-refractivity contribution in [3.8, 4) is 11.5 Å². The third kappa shape index (κ3) is 2.25. The van der Waals surface area contributed by atoms with Crippen LogP contribution >= 0.6 is 0 Å². The quantitative estimate of drug-likeness (QED) is 0.806. The number of rotatable bonds is 3. The van der Waals surface area contributed by atoms with Crippen LogP contribution in [0.3, 0.4) is 0 Å². The zero-order valence-corrected chi connectivity index (χ0v) is 9.10. The molecule has 0 fully saturated rings. The van der Waals surface area contributed by atoms with Gasteiger partial charge in [-0.2, -0.15) is 5.10 Å². The maximum absolute atomic E-state index is 11.5. The summed E-state index contributed by atoms with van der Waals surface area (Å²) in [4.78, 5) is 22.9. The van der Waals surface area contributed by atoms with Crippen LogP contribution in [0.5, 0.6) is 0 Å². The van der Waals surface area contributed by atoms with E-state index in [9.17, 15) is 9.59 Å². The van der Waals surface area contributed by atoms with E-state index in [4.69, 9.17) is 9.15 Å². The zero-order chi connectivity index (χ0) is 12.3. The molecule has 0 atom stereocenters. The van der Waals surface area contributed by atoms with Crippen molar-refractivity contribution in [1.82, 2.24) is 10.2 Å². The number of hydrogen-bond donors (Lipinski definition) is 1. The van der Waals surface area contributed by atoms with Gasteiger partial charge in [-0.3, -0.25) is 4.79 Å². The van der Waals surface area contributed by atoms with Gasteiger partial charge in [-0.1, -0.05) is 0 Å². The molecule has 0 aliphatic rings. The number of furan rings is 1. The molecule has 0 bridgehead atoms. The van der Waals surface area contributed by atoms with E-state index in [1.807, 2.05) is 0 Å². The lowest BCUT2D eigenvalue weighted by molar-refractivity contribution is 0.0524. The van der Waals surface area contributed by atoms with Gasteiger partial charge in [0.05, 0.1) is 12.9 Å². The Bertz CT molecular complexity index is 571. The molecular weight excluding hydrogens is 224 g/mol. The predicted molar refractivity (Wildman–Crippen MR) is 58.5 cm³/mol. The van der Waals surface area contributed by atoms with Gasteiger partial charge in [-0.15, -0.1) is 0 Å². The number of carbonyl (C=O) groups excluding carboxylic acids is 1. The van der Waals surface area contributed by atoms with E-state index in [-0.39, 0.29) is 12.2 Å². The first-order valence-corrected chi connectivity index (χ1v) is 5.03. The largest absolute Gasteiger partial charge is 0.463 e. The van der Waals surface area contributed by atoms with E-state index < -0.39 is 11.5 Å². The number of aromatic nitrogens is 2. The van der Waals surface area contributed by atoms with E-state index in [1.54, 1.807) is 19.1 Å². The monoisotopic (exact) mass is 234 g/mol. The lowest BCUT2D eigenvalue weighted by atomic mass is 10.2. The van der Waals surface area contributed by atoms with Crippen LogP contribution in [0.15, 0.2) is 33.7 Å². The van der Waals surface area contributed by atoms with E-state index in [0.717, 1.165) is 0 Å². The van der Waals surface area contributed by atoms with Gasteiger partial charge < -0.3 is 9.15 Å². The molecule has 0 spiro atoms. The Morgan fingerprint density at radius 2 is 2.41 bits per heavy atom. The molecule has 2 aromatic heterocycles. The molecule has 0 saturated heterocycles. The fourth-order valence-electron chi connectivity index (χ4n) is 1.32. The second kappa shape index (κ2) is 4.65. The number of carbonyl (C=O) groups is 1. The van der Waals surface area contributed by atoms with Crippen LogP contribution < -0.4 is 5.56 Å². The molecule has 0 aliphatic heterocycles. The van der Waals surface area contributed by atoms with Crippen molar-refractivity contribution >= 4 is 5.97 Å². The molecule has 0 amide bonds. The first-order chi connectivity index (χ1) is 8.22. The minimum Gasteiger partial charge on any atom is -0.463 e. The topological polar surface area (TPSA) is 85.2 Å². The third-order valence-electron chi connectivity index (χ3n) is 2.07. The summed E-state index contributed by atoms with van der Waals surface area (Å²) in [5, 5.41) is 6.01. The van der Waals surface area contributed by atoms with Gasteiger partial charge >= 0.3 is 5.97 Å². The summed E-state index contributed by atoms with van der Waals surface area (Å²) >= 11 is 0. The minimum absolute atomic E-state index is 0.0896. The summed E-state index contributed by atoms with van der Waals surface area (Å²) in [6, 6.07) is 4.71. The zero-order valence-electron chi connectivity index (χ0n) is 9.10. The van der Waals surface area contributed by atoms with Crippen LogP contribution in [-0.4, -0.2) is 22.8 Å². The number of hydrogen-bond acceptors (Lipinski definition) is 5. The fourth-order valence-corrected chi connectivity index (χ4v) is 1.32. The smallest absolute Gasteiger partial charge is 0.343 e. The molecule has 2 heterocycles. The van der Waals surface area contributed by atoms with Crippen molar-refractivity contribution < 1.29 is 13.9 Å². The van der Waals surface area contributed by atoms with Crippen LogP contribution in [0, 0.1) is 0 Å². The highest BCUT2D eigenvalue weighted by atomic mass is 16.5. The number of H-pyrrole nitrogens is 1. The van der Waals surface area contributed by atoms with Crippen molar-refractivity contribution in [3.05, 3.63) is 40.4 Å². The molecule has 1 N–H and O–H groups in total. The van der Waals surface area contributed by atoms with Gasteiger partial charge in [-0.05, 0) is 25.1 Å². The highest BCUT2D eigenvalue weighted by Crippen LogP contribution is 2.16. The van der Waals surface area contributed by atoms with Gasteiger partial charge in [0.15, 0.2) is 5.76 Å². The summed E-state index contributed by atoms with van der Waals surface area (Å²) < 4.78 is 9.88. The Morgan fingerprint density at radius 1 is 1.59 bits per heavy atom. The first-order valence-electron chi connectivity index (χ1n) is 5.03. The standard InChI is InChI=1S/C11H10N2O4/c1-2-16-11(15)7-6-8(12-13-10(7)14)9-4-3-5-17-9/h3-6H,2H2,1H3,(H,13,14). The summed E-state index contributed by atoms with van der Waals surface area (Å²) in [5.41, 5.74) is -0.301. The summed E-state index contributed by atoms with van der Waals surface area (Å²) in [6.45, 7) is 1.87. The normalized spacial score (nSPS) is 10.2. The van der Waals surface area contributed by atoms with Crippen LogP contribution in [0.25, 0.3) is 11.5 Å². The van der Waals surface area contributed by atoms with Gasteiger partial charge in [0, 0.05) is 0 Å². The molecule has 2 aromatic rings. The SMILES string of the molecule is CCOC(=O)c1cc(-c2ccco2)n[nH]c1=O. The maximum Gasteiger partial charge on any atom is 0.343 e. The van der Waals surface area contributed by atoms with Crippen LogP contribution in [-0.2, 0) is 4.74 Å². The average Bonchev–Trinajstić information content (AvgIpc) is 2.83. The molecule has 0 aromatic carbocycles. The lowest BCUT2D eigenvalue weighted by Crippen LogP contribution is -2.20. The molecule has 17 heavy (non-hydrogen) atoms. The summed E-state index contributed by atoms with van der Waals surface area (Å²) in [7, 11) is 0. The summed E-state index contributed by atoms with van der Waals surface area (Å²) in [6.07, 6.45) is 1.48. The van der Waals surface area contributed by atoms with Gasteiger partial charge in [0.1, 0.15) is 11.3 Å². The second-order valence-electron chi connectivity index (χ2n) is 3.19. The lowest BCUT2D eigenvalue weighted by Gasteiger charge is -2.01. The van der Waals surface area contributed by atoms with Gasteiger partial charge in [-0.25, -0.2) is 9.89 Å². The van der Waals surface area contributed by atoms with Crippen LogP contribution in [0.4, 0.5) is 0 Å². The number of esters is 1. The molecule has 0 saturated carbocycles. The molecular formula is C11H10N2O4. The number of nitrogens with zero attached hydrogens (tertiary/aromatic N) is 1. The number of nitrogens with one attached hydrogen (secondary N) is 1. The Hall–Kier alpha value is -2.37. The van der Waals surface area contributed by atoms with E-state index in [1.165, 1.54) is 12.3 Å². The molecule has 2 rings (SSSR count). The van der Waals surface area contributed by atoms with Crippen molar-refractivity contribution in [2.24, 2.45) is 0 Å². The van der Waals surface area contributed by atoms with Gasteiger partial charge in [0.2, 0.25) is 0 Å². The summed E-state index contributed by atoms with van der Waals surface area (Å²) in [5.74, 6) is -0.212. The van der Waals surface area contributed by atoms with E-state index in [0.29, 0.717) is 11.5 Å². The molecule has 0 aliphatic carbocycles. The Kier molecular flexibility index (Phi) is 3.04. The van der Waals surface area contributed by atoms with Crippen molar-refractivity contribution in [3.63, 3.8) is 0 Å². The van der Waals surface area contributed by atoms with E-state index in [2.05, 4.69) is 10.2 Å². The minimum atomic E-state index is -0.677. The Labute approximate surface area is 96.2 Å². The molecule has 0 radical (unpaired) electrons. The molecule has 6 heteroatoms. The highest BCUT2D eigenvalue weighted by molar-refractivity contribution is 5.89. The molecule has 6 nitrogen and oxygen atoms in total. The predicted octanol–water partition coefficient (Wildman–Crippen LogP) is 1.21. The molecule has 0 unspecified atom stereocenters. The maximum atomic E-state index is 11.5. The number of aromatic amines is 1. The van der Waals surface area contributed by atoms with Crippen molar-refractivity contribution in [1.29, 1.82) is 0 Å².